The predicted octanol–water partition coefficient (Wildman–Crippen LogP) is 2.45. The molecule has 1 aromatic heterocycles. The first-order valence-electron chi connectivity index (χ1n) is 7.40. The second kappa shape index (κ2) is 9.10. The standard InChI is InChI=1S/C15H28N2O3/c1-11(2)6-5-7-19-10-14(18)9-16-13(4)15-17-8-12(3)20-15/h8,11,13-14,16,18H,5-7,9-10H2,1-4H3. The van der Waals surface area contributed by atoms with Crippen LogP contribution in [-0.2, 0) is 4.74 Å². The summed E-state index contributed by atoms with van der Waals surface area (Å²) < 4.78 is 10.9. The molecule has 0 radical (unpaired) electrons. The minimum Gasteiger partial charge on any atom is -0.444 e. The Morgan fingerprint density at radius 1 is 1.40 bits per heavy atom. The molecule has 1 heterocycles. The molecular weight excluding hydrogens is 256 g/mol. The molecule has 0 aliphatic carbocycles. The van der Waals surface area contributed by atoms with Crippen LogP contribution in [0, 0.1) is 12.8 Å². The van der Waals surface area contributed by atoms with Crippen molar-refractivity contribution in [3.8, 4) is 0 Å². The molecule has 5 nitrogen and oxygen atoms in total. The Morgan fingerprint density at radius 2 is 2.15 bits per heavy atom. The van der Waals surface area contributed by atoms with E-state index in [4.69, 9.17) is 9.15 Å². The van der Waals surface area contributed by atoms with Crippen LogP contribution in [-0.4, -0.2) is 36.0 Å². The lowest BCUT2D eigenvalue weighted by Gasteiger charge is -2.15. The van der Waals surface area contributed by atoms with Gasteiger partial charge < -0.3 is 19.6 Å². The molecule has 0 aliphatic heterocycles. The number of ether oxygens (including phenoxy) is 1. The van der Waals surface area contributed by atoms with Crippen LogP contribution in [0.15, 0.2) is 10.6 Å². The van der Waals surface area contributed by atoms with Gasteiger partial charge in [0.1, 0.15) is 5.76 Å². The van der Waals surface area contributed by atoms with E-state index in [0.717, 1.165) is 18.6 Å². The summed E-state index contributed by atoms with van der Waals surface area (Å²) in [5.74, 6) is 2.14. The summed E-state index contributed by atoms with van der Waals surface area (Å²) in [6, 6.07) is -0.0145. The van der Waals surface area contributed by atoms with Crippen molar-refractivity contribution in [2.45, 2.75) is 52.7 Å². The first-order valence-corrected chi connectivity index (χ1v) is 7.40. The Kier molecular flexibility index (Phi) is 7.80. The van der Waals surface area contributed by atoms with E-state index in [1.54, 1.807) is 6.20 Å². The number of aliphatic hydroxyl groups excluding tert-OH is 1. The number of hydrogen-bond donors (Lipinski definition) is 2. The average molecular weight is 284 g/mol. The van der Waals surface area contributed by atoms with Crippen molar-refractivity contribution in [3.05, 3.63) is 17.8 Å². The zero-order valence-corrected chi connectivity index (χ0v) is 13.1. The Hall–Kier alpha value is -0.910. The molecule has 5 heteroatoms. The Bertz CT molecular complexity index is 366. The fourth-order valence-electron chi connectivity index (χ4n) is 1.84. The first kappa shape index (κ1) is 17.1. The van der Waals surface area contributed by atoms with Gasteiger partial charge in [-0.2, -0.15) is 0 Å². The van der Waals surface area contributed by atoms with Crippen LogP contribution in [0.25, 0.3) is 0 Å². The van der Waals surface area contributed by atoms with E-state index in [-0.39, 0.29) is 6.04 Å². The number of aryl methyl sites for hydroxylation is 1. The van der Waals surface area contributed by atoms with Crippen molar-refractivity contribution in [2.75, 3.05) is 19.8 Å². The van der Waals surface area contributed by atoms with Crippen LogP contribution in [0.1, 0.15) is 51.3 Å². The maximum Gasteiger partial charge on any atom is 0.211 e. The molecule has 0 spiro atoms. The van der Waals surface area contributed by atoms with Crippen LogP contribution in [0.3, 0.4) is 0 Å². The summed E-state index contributed by atoms with van der Waals surface area (Å²) in [6.07, 6.45) is 3.40. The Morgan fingerprint density at radius 3 is 2.75 bits per heavy atom. The van der Waals surface area contributed by atoms with E-state index in [9.17, 15) is 5.11 Å². The second-order valence-corrected chi connectivity index (χ2v) is 5.70. The van der Waals surface area contributed by atoms with E-state index >= 15 is 0 Å². The molecule has 0 aromatic carbocycles. The molecule has 0 fully saturated rings. The fourth-order valence-corrected chi connectivity index (χ4v) is 1.84. The minimum absolute atomic E-state index is 0.0145. The molecule has 20 heavy (non-hydrogen) atoms. The van der Waals surface area contributed by atoms with Crippen molar-refractivity contribution in [2.24, 2.45) is 5.92 Å². The third-order valence-corrected chi connectivity index (χ3v) is 3.05. The second-order valence-electron chi connectivity index (χ2n) is 5.70. The van der Waals surface area contributed by atoms with Gasteiger partial charge in [0.15, 0.2) is 0 Å². The maximum atomic E-state index is 9.82. The van der Waals surface area contributed by atoms with Gasteiger partial charge in [0, 0.05) is 13.2 Å². The molecule has 2 unspecified atom stereocenters. The largest absolute Gasteiger partial charge is 0.444 e. The van der Waals surface area contributed by atoms with Gasteiger partial charge in [0.25, 0.3) is 0 Å². The summed E-state index contributed by atoms with van der Waals surface area (Å²) in [7, 11) is 0. The van der Waals surface area contributed by atoms with E-state index in [2.05, 4.69) is 24.1 Å². The van der Waals surface area contributed by atoms with E-state index in [1.807, 2.05) is 13.8 Å². The van der Waals surface area contributed by atoms with Crippen molar-refractivity contribution < 1.29 is 14.3 Å². The SMILES string of the molecule is Cc1cnc(C(C)NCC(O)COCCCC(C)C)o1. The predicted molar refractivity (Wildman–Crippen MR) is 78.6 cm³/mol. The number of nitrogens with zero attached hydrogens (tertiary/aromatic N) is 1. The molecule has 0 saturated carbocycles. The van der Waals surface area contributed by atoms with Crippen molar-refractivity contribution >= 4 is 0 Å². The summed E-state index contributed by atoms with van der Waals surface area (Å²) in [4.78, 5) is 4.15. The number of aliphatic hydroxyl groups is 1. The third-order valence-electron chi connectivity index (χ3n) is 3.05. The van der Waals surface area contributed by atoms with Gasteiger partial charge in [-0.25, -0.2) is 4.98 Å². The molecule has 0 saturated heterocycles. The average Bonchev–Trinajstić information content (AvgIpc) is 2.82. The summed E-state index contributed by atoms with van der Waals surface area (Å²) in [5.41, 5.74) is 0. The fraction of sp³-hybridized carbons (Fsp3) is 0.800. The Balaban J connectivity index is 2.09. The van der Waals surface area contributed by atoms with Gasteiger partial charge in [-0.1, -0.05) is 13.8 Å². The highest BCUT2D eigenvalue weighted by molar-refractivity contribution is 4.94. The first-order chi connectivity index (χ1) is 9.49. The molecule has 0 bridgehead atoms. The summed E-state index contributed by atoms with van der Waals surface area (Å²) in [5, 5.41) is 13.0. The summed E-state index contributed by atoms with van der Waals surface area (Å²) in [6.45, 7) is 9.76. The molecule has 0 aliphatic rings. The number of rotatable bonds is 10. The number of aromatic nitrogens is 1. The van der Waals surface area contributed by atoms with E-state index < -0.39 is 6.10 Å². The third kappa shape index (κ3) is 7.03. The number of nitrogens with one attached hydrogen (secondary N) is 1. The Labute approximate surface area is 121 Å². The van der Waals surface area contributed by atoms with Gasteiger partial charge >= 0.3 is 0 Å². The van der Waals surface area contributed by atoms with Crippen molar-refractivity contribution in [1.29, 1.82) is 0 Å². The van der Waals surface area contributed by atoms with Crippen LogP contribution >= 0.6 is 0 Å². The zero-order valence-electron chi connectivity index (χ0n) is 13.1. The number of hydrogen-bond acceptors (Lipinski definition) is 5. The number of oxazole rings is 1. The van der Waals surface area contributed by atoms with Crippen LogP contribution in [0.5, 0.6) is 0 Å². The molecule has 1 aromatic rings. The summed E-state index contributed by atoms with van der Waals surface area (Å²) >= 11 is 0. The molecule has 1 rings (SSSR count). The van der Waals surface area contributed by atoms with Crippen LogP contribution in [0.2, 0.25) is 0 Å². The molecule has 2 atom stereocenters. The lowest BCUT2D eigenvalue weighted by molar-refractivity contribution is 0.0333. The molecular formula is C15H28N2O3. The van der Waals surface area contributed by atoms with Gasteiger partial charge in [-0.3, -0.25) is 0 Å². The van der Waals surface area contributed by atoms with Crippen LogP contribution < -0.4 is 5.32 Å². The smallest absolute Gasteiger partial charge is 0.211 e. The lowest BCUT2D eigenvalue weighted by atomic mass is 10.1. The lowest BCUT2D eigenvalue weighted by Crippen LogP contribution is -2.32. The normalized spacial score (nSPS) is 14.7. The van der Waals surface area contributed by atoms with Gasteiger partial charge in [-0.15, -0.1) is 0 Å². The minimum atomic E-state index is -0.507. The topological polar surface area (TPSA) is 67.5 Å². The molecule has 116 valence electrons. The van der Waals surface area contributed by atoms with E-state index in [1.165, 1.54) is 0 Å². The van der Waals surface area contributed by atoms with Gasteiger partial charge in [0.2, 0.25) is 5.89 Å². The quantitative estimate of drug-likeness (QED) is 0.646. The monoisotopic (exact) mass is 284 g/mol. The maximum absolute atomic E-state index is 9.82. The highest BCUT2D eigenvalue weighted by Crippen LogP contribution is 2.11. The zero-order chi connectivity index (χ0) is 15.0. The molecule has 0 amide bonds. The van der Waals surface area contributed by atoms with Gasteiger partial charge in [-0.05, 0) is 32.6 Å². The van der Waals surface area contributed by atoms with Gasteiger partial charge in [0.05, 0.1) is 24.9 Å². The van der Waals surface area contributed by atoms with Crippen LogP contribution in [0.4, 0.5) is 0 Å². The van der Waals surface area contributed by atoms with Crippen molar-refractivity contribution in [1.82, 2.24) is 10.3 Å². The van der Waals surface area contributed by atoms with E-state index in [0.29, 0.717) is 31.6 Å². The highest BCUT2D eigenvalue weighted by Gasteiger charge is 2.13. The highest BCUT2D eigenvalue weighted by atomic mass is 16.5. The van der Waals surface area contributed by atoms with Crippen molar-refractivity contribution in [3.63, 3.8) is 0 Å². The molecule has 2 N–H and O–H groups in total.